The molecule has 104 valence electrons. The summed E-state index contributed by atoms with van der Waals surface area (Å²) in [4.78, 5) is 12.1. The van der Waals surface area contributed by atoms with E-state index in [2.05, 4.69) is 5.32 Å². The molecule has 4 nitrogen and oxygen atoms in total. The number of carbonyl (C=O) groups excluding carboxylic acids is 1. The smallest absolute Gasteiger partial charge is 0.259 e. The van der Waals surface area contributed by atoms with Crippen LogP contribution < -0.4 is 5.32 Å². The number of benzene rings is 2. The standard InChI is InChI=1S/C15H14ClNO3/c1-9(16)11-4-2-3-5-13(11)17-15(20)12-8-10(18)6-7-14(12)19/h2-9,18-19H,1H3,(H,17,20). The van der Waals surface area contributed by atoms with Crippen molar-refractivity contribution < 1.29 is 15.0 Å². The van der Waals surface area contributed by atoms with Crippen LogP contribution in [0.2, 0.25) is 0 Å². The largest absolute Gasteiger partial charge is 0.508 e. The molecule has 0 aliphatic heterocycles. The van der Waals surface area contributed by atoms with E-state index < -0.39 is 5.91 Å². The van der Waals surface area contributed by atoms with Crippen LogP contribution in [0.5, 0.6) is 11.5 Å². The maximum absolute atomic E-state index is 12.1. The van der Waals surface area contributed by atoms with Crippen molar-refractivity contribution in [3.8, 4) is 11.5 Å². The van der Waals surface area contributed by atoms with Crippen molar-refractivity contribution in [2.75, 3.05) is 5.32 Å². The van der Waals surface area contributed by atoms with Crippen LogP contribution in [0.15, 0.2) is 42.5 Å². The topological polar surface area (TPSA) is 69.6 Å². The van der Waals surface area contributed by atoms with Crippen molar-refractivity contribution in [3.05, 3.63) is 53.6 Å². The minimum absolute atomic E-state index is 0.00188. The molecule has 1 unspecified atom stereocenters. The molecule has 20 heavy (non-hydrogen) atoms. The molecule has 3 N–H and O–H groups in total. The maximum atomic E-state index is 12.1. The third kappa shape index (κ3) is 3.03. The zero-order chi connectivity index (χ0) is 14.7. The van der Waals surface area contributed by atoms with Gasteiger partial charge in [0.15, 0.2) is 0 Å². The number of carbonyl (C=O) groups is 1. The number of para-hydroxylation sites is 1. The third-order valence-corrected chi connectivity index (χ3v) is 3.10. The predicted molar refractivity (Wildman–Crippen MR) is 78.4 cm³/mol. The number of halogens is 1. The Bertz CT molecular complexity index is 641. The van der Waals surface area contributed by atoms with E-state index in [4.69, 9.17) is 11.6 Å². The van der Waals surface area contributed by atoms with Gasteiger partial charge in [-0.2, -0.15) is 0 Å². The number of aromatic hydroxyl groups is 2. The fourth-order valence-electron chi connectivity index (χ4n) is 1.85. The summed E-state index contributed by atoms with van der Waals surface area (Å²) < 4.78 is 0. The summed E-state index contributed by atoms with van der Waals surface area (Å²) in [6.45, 7) is 1.80. The van der Waals surface area contributed by atoms with Crippen LogP contribution in [0, 0.1) is 0 Å². The van der Waals surface area contributed by atoms with Crippen molar-refractivity contribution in [2.45, 2.75) is 12.3 Å². The molecule has 1 amide bonds. The molecule has 2 rings (SSSR count). The Morgan fingerprint density at radius 3 is 2.60 bits per heavy atom. The van der Waals surface area contributed by atoms with Gasteiger partial charge in [-0.05, 0) is 36.8 Å². The lowest BCUT2D eigenvalue weighted by Crippen LogP contribution is -2.13. The molecule has 2 aromatic carbocycles. The molecule has 0 saturated carbocycles. The lowest BCUT2D eigenvalue weighted by Gasteiger charge is -2.13. The van der Waals surface area contributed by atoms with Crippen LogP contribution in [-0.2, 0) is 0 Å². The average molecular weight is 292 g/mol. The van der Waals surface area contributed by atoms with E-state index in [1.54, 1.807) is 19.1 Å². The summed E-state index contributed by atoms with van der Waals surface area (Å²) in [5.41, 5.74) is 1.35. The van der Waals surface area contributed by atoms with Crippen molar-refractivity contribution >= 4 is 23.2 Å². The Labute approximate surface area is 121 Å². The van der Waals surface area contributed by atoms with Crippen LogP contribution in [0.3, 0.4) is 0 Å². The van der Waals surface area contributed by atoms with Gasteiger partial charge in [0, 0.05) is 5.69 Å². The van der Waals surface area contributed by atoms with Crippen LogP contribution in [0.1, 0.15) is 28.2 Å². The molecule has 0 heterocycles. The zero-order valence-corrected chi connectivity index (χ0v) is 11.6. The van der Waals surface area contributed by atoms with E-state index in [0.717, 1.165) is 5.56 Å². The fraction of sp³-hybridized carbons (Fsp3) is 0.133. The van der Waals surface area contributed by atoms with E-state index in [1.165, 1.54) is 18.2 Å². The molecule has 0 saturated heterocycles. The molecule has 0 aliphatic carbocycles. The van der Waals surface area contributed by atoms with Gasteiger partial charge in [-0.25, -0.2) is 0 Å². The van der Waals surface area contributed by atoms with Gasteiger partial charge >= 0.3 is 0 Å². The van der Waals surface area contributed by atoms with Gasteiger partial charge in [-0.1, -0.05) is 18.2 Å². The van der Waals surface area contributed by atoms with Gasteiger partial charge in [0.1, 0.15) is 11.5 Å². The number of hydrogen-bond acceptors (Lipinski definition) is 3. The molecular formula is C15H14ClNO3. The highest BCUT2D eigenvalue weighted by Gasteiger charge is 2.15. The van der Waals surface area contributed by atoms with Crippen molar-refractivity contribution in [1.82, 2.24) is 0 Å². The summed E-state index contributed by atoms with van der Waals surface area (Å²) in [5, 5.41) is 21.5. The number of anilines is 1. The van der Waals surface area contributed by atoms with Crippen molar-refractivity contribution in [3.63, 3.8) is 0 Å². The minimum Gasteiger partial charge on any atom is -0.508 e. The van der Waals surface area contributed by atoms with Crippen molar-refractivity contribution in [2.24, 2.45) is 0 Å². The first-order valence-corrected chi connectivity index (χ1v) is 6.49. The predicted octanol–water partition coefficient (Wildman–Crippen LogP) is 3.65. The second-order valence-electron chi connectivity index (χ2n) is 4.36. The highest BCUT2D eigenvalue weighted by atomic mass is 35.5. The second kappa shape index (κ2) is 5.84. The summed E-state index contributed by atoms with van der Waals surface area (Å²) in [6, 6.07) is 10.9. The summed E-state index contributed by atoms with van der Waals surface area (Å²) in [6.07, 6.45) is 0. The lowest BCUT2D eigenvalue weighted by atomic mass is 10.1. The number of hydrogen-bond donors (Lipinski definition) is 3. The quantitative estimate of drug-likeness (QED) is 0.597. The number of rotatable bonds is 3. The molecule has 2 aromatic rings. The first-order valence-electron chi connectivity index (χ1n) is 6.05. The van der Waals surface area contributed by atoms with Gasteiger partial charge in [0.05, 0.1) is 10.9 Å². The molecule has 5 heteroatoms. The van der Waals surface area contributed by atoms with Gasteiger partial charge < -0.3 is 15.5 Å². The highest BCUT2D eigenvalue weighted by molar-refractivity contribution is 6.21. The lowest BCUT2D eigenvalue weighted by molar-refractivity contribution is 0.102. The molecule has 0 aromatic heterocycles. The Hall–Kier alpha value is -2.20. The van der Waals surface area contributed by atoms with Gasteiger partial charge in [-0.3, -0.25) is 4.79 Å². The average Bonchev–Trinajstić information content (AvgIpc) is 2.41. The monoisotopic (exact) mass is 291 g/mol. The molecule has 0 radical (unpaired) electrons. The number of alkyl halides is 1. The van der Waals surface area contributed by atoms with Crippen LogP contribution in [0.25, 0.3) is 0 Å². The number of phenols is 2. The van der Waals surface area contributed by atoms with E-state index in [-0.39, 0.29) is 22.4 Å². The second-order valence-corrected chi connectivity index (χ2v) is 5.01. The van der Waals surface area contributed by atoms with E-state index in [1.807, 2.05) is 12.1 Å². The molecule has 1 atom stereocenters. The first kappa shape index (κ1) is 14.2. The SMILES string of the molecule is CC(Cl)c1ccccc1NC(=O)c1cc(O)ccc1O. The summed E-state index contributed by atoms with van der Waals surface area (Å²) >= 11 is 6.05. The van der Waals surface area contributed by atoms with E-state index in [0.29, 0.717) is 5.69 Å². The maximum Gasteiger partial charge on any atom is 0.259 e. The van der Waals surface area contributed by atoms with Gasteiger partial charge in [0.2, 0.25) is 0 Å². The molecule has 0 fully saturated rings. The zero-order valence-electron chi connectivity index (χ0n) is 10.8. The Morgan fingerprint density at radius 1 is 1.20 bits per heavy atom. The Morgan fingerprint density at radius 2 is 1.90 bits per heavy atom. The Balaban J connectivity index is 2.31. The van der Waals surface area contributed by atoms with E-state index >= 15 is 0 Å². The summed E-state index contributed by atoms with van der Waals surface area (Å²) in [5.74, 6) is -0.799. The van der Waals surface area contributed by atoms with Crippen molar-refractivity contribution in [1.29, 1.82) is 0 Å². The normalized spacial score (nSPS) is 11.9. The highest BCUT2D eigenvalue weighted by Crippen LogP contribution is 2.29. The van der Waals surface area contributed by atoms with Gasteiger partial charge in [0.25, 0.3) is 5.91 Å². The summed E-state index contributed by atoms with van der Waals surface area (Å²) in [7, 11) is 0. The van der Waals surface area contributed by atoms with Gasteiger partial charge in [-0.15, -0.1) is 11.6 Å². The fourth-order valence-corrected chi connectivity index (χ4v) is 2.04. The van der Waals surface area contributed by atoms with Crippen LogP contribution in [-0.4, -0.2) is 16.1 Å². The molecular weight excluding hydrogens is 278 g/mol. The number of nitrogens with one attached hydrogen (secondary N) is 1. The number of amides is 1. The van der Waals surface area contributed by atoms with Crippen LogP contribution >= 0.6 is 11.6 Å². The number of phenolic OH excluding ortho intramolecular Hbond substituents is 2. The molecule has 0 bridgehead atoms. The van der Waals surface area contributed by atoms with Crippen LogP contribution in [0.4, 0.5) is 5.69 Å². The van der Waals surface area contributed by atoms with E-state index in [9.17, 15) is 15.0 Å². The molecule has 0 aliphatic rings. The first-order chi connectivity index (χ1) is 9.49. The Kier molecular flexibility index (Phi) is 4.15. The minimum atomic E-state index is -0.511. The third-order valence-electron chi connectivity index (χ3n) is 2.86. The molecule has 0 spiro atoms.